The Balaban J connectivity index is 1.69. The molecule has 3 rings (SSSR count). The number of rotatable bonds is 8. The molecule has 0 radical (unpaired) electrons. The van der Waals surface area contributed by atoms with Crippen molar-refractivity contribution in [2.45, 2.75) is 44.2 Å². The first-order valence-electron chi connectivity index (χ1n) is 10.4. The maximum Gasteiger partial charge on any atom is 0.269 e. The van der Waals surface area contributed by atoms with E-state index in [-0.39, 0.29) is 48.2 Å². The van der Waals surface area contributed by atoms with Gasteiger partial charge in [0.1, 0.15) is 10.9 Å². The molecule has 170 valence electrons. The van der Waals surface area contributed by atoms with Crippen LogP contribution in [0.4, 0.5) is 0 Å². The number of likely N-dealkylation sites (N-methyl/N-ethyl adjacent to an activating group) is 1. The Hall–Kier alpha value is -3.20. The van der Waals surface area contributed by atoms with Crippen molar-refractivity contribution in [2.75, 3.05) is 13.6 Å². The van der Waals surface area contributed by atoms with Crippen LogP contribution in [0.5, 0.6) is 0 Å². The first-order valence-corrected chi connectivity index (χ1v) is 11.8. The number of benzene rings is 2. The van der Waals surface area contributed by atoms with Crippen molar-refractivity contribution < 1.29 is 22.8 Å². The van der Waals surface area contributed by atoms with E-state index in [1.807, 2.05) is 31.2 Å². The van der Waals surface area contributed by atoms with Gasteiger partial charge in [-0.25, -0.2) is 12.7 Å². The molecule has 0 aromatic heterocycles. The van der Waals surface area contributed by atoms with Crippen molar-refractivity contribution >= 4 is 27.7 Å². The Morgan fingerprint density at radius 3 is 2.38 bits per heavy atom. The molecule has 32 heavy (non-hydrogen) atoms. The molecule has 1 aliphatic heterocycles. The summed E-state index contributed by atoms with van der Waals surface area (Å²) in [6, 6.07) is 13.0. The van der Waals surface area contributed by atoms with Crippen LogP contribution in [-0.4, -0.2) is 55.0 Å². The molecular formula is C23H27N3O5S. The molecule has 0 spiro atoms. The normalized spacial score (nSPS) is 15.2. The number of amides is 3. The summed E-state index contributed by atoms with van der Waals surface area (Å²) in [5.74, 6) is -1.16. The second-order valence-electron chi connectivity index (χ2n) is 7.78. The third kappa shape index (κ3) is 4.67. The second kappa shape index (κ2) is 9.52. The van der Waals surface area contributed by atoms with E-state index in [9.17, 15) is 22.8 Å². The molecule has 2 aromatic rings. The summed E-state index contributed by atoms with van der Waals surface area (Å²) < 4.78 is 26.1. The van der Waals surface area contributed by atoms with Gasteiger partial charge >= 0.3 is 0 Å². The maximum atomic E-state index is 13.0. The topological polar surface area (TPSA) is 104 Å². The highest BCUT2D eigenvalue weighted by Gasteiger charge is 2.40. The molecule has 0 unspecified atom stereocenters. The van der Waals surface area contributed by atoms with E-state index in [0.29, 0.717) is 0 Å². The van der Waals surface area contributed by atoms with Crippen molar-refractivity contribution in [3.63, 3.8) is 0 Å². The van der Waals surface area contributed by atoms with Crippen LogP contribution in [0, 0.1) is 6.92 Å². The van der Waals surface area contributed by atoms with Crippen molar-refractivity contribution in [3.05, 3.63) is 65.2 Å². The van der Waals surface area contributed by atoms with E-state index in [2.05, 4.69) is 5.32 Å². The summed E-state index contributed by atoms with van der Waals surface area (Å²) >= 11 is 0. The molecule has 1 N–H and O–H groups in total. The molecule has 8 nitrogen and oxygen atoms in total. The van der Waals surface area contributed by atoms with E-state index in [0.717, 1.165) is 15.4 Å². The smallest absolute Gasteiger partial charge is 0.269 e. The third-order valence-corrected chi connectivity index (χ3v) is 7.39. The van der Waals surface area contributed by atoms with E-state index in [1.165, 1.54) is 24.1 Å². The molecule has 1 atom stereocenters. The van der Waals surface area contributed by atoms with Gasteiger partial charge in [0.15, 0.2) is 0 Å². The van der Waals surface area contributed by atoms with Gasteiger partial charge in [-0.15, -0.1) is 0 Å². The van der Waals surface area contributed by atoms with Crippen molar-refractivity contribution in [1.82, 2.24) is 14.5 Å². The monoisotopic (exact) mass is 457 g/mol. The molecule has 0 aliphatic carbocycles. The predicted octanol–water partition coefficient (Wildman–Crippen LogP) is 2.08. The van der Waals surface area contributed by atoms with Crippen LogP contribution < -0.4 is 5.32 Å². The van der Waals surface area contributed by atoms with Gasteiger partial charge in [-0.05, 0) is 38.0 Å². The van der Waals surface area contributed by atoms with Crippen molar-refractivity contribution in [1.29, 1.82) is 0 Å². The summed E-state index contributed by atoms with van der Waals surface area (Å²) in [7, 11) is -2.40. The zero-order chi connectivity index (χ0) is 23.5. The van der Waals surface area contributed by atoms with Gasteiger partial charge in [0.25, 0.3) is 15.9 Å². The third-order valence-electron chi connectivity index (χ3n) is 5.55. The number of fused-ring (bicyclic) bond motifs is 1. The molecule has 3 amide bonds. The zero-order valence-corrected chi connectivity index (χ0v) is 19.2. The number of hydrogen-bond donors (Lipinski definition) is 1. The quantitative estimate of drug-likeness (QED) is 0.654. The lowest BCUT2D eigenvalue weighted by Gasteiger charge is -2.28. The number of nitrogens with zero attached hydrogens (tertiary/aromatic N) is 2. The van der Waals surface area contributed by atoms with E-state index < -0.39 is 22.0 Å². The number of sulfonamides is 1. The molecule has 1 heterocycles. The molecule has 1 aliphatic rings. The summed E-state index contributed by atoms with van der Waals surface area (Å²) in [6.45, 7) is 3.76. The first-order chi connectivity index (χ1) is 15.2. The van der Waals surface area contributed by atoms with Crippen molar-refractivity contribution in [3.8, 4) is 0 Å². The molecule has 0 bridgehead atoms. The van der Waals surface area contributed by atoms with Crippen LogP contribution in [-0.2, 0) is 26.2 Å². The highest BCUT2D eigenvalue weighted by atomic mass is 32.2. The highest BCUT2D eigenvalue weighted by molar-refractivity contribution is 7.90. The Labute approximate surface area is 188 Å². The average molecular weight is 458 g/mol. The number of aryl methyl sites for hydroxylation is 1. The Morgan fingerprint density at radius 1 is 1.09 bits per heavy atom. The highest BCUT2D eigenvalue weighted by Crippen LogP contribution is 2.30. The largest absolute Gasteiger partial charge is 0.357 e. The number of carbonyl (C=O) groups excluding carboxylic acids is 3. The summed E-state index contributed by atoms with van der Waals surface area (Å²) in [5.41, 5.74) is 2.11. The first kappa shape index (κ1) is 23.5. The number of nitrogens with one attached hydrogen (secondary N) is 1. The molecular weight excluding hydrogens is 430 g/mol. The minimum Gasteiger partial charge on any atom is -0.357 e. The fraction of sp³-hybridized carbons (Fsp3) is 0.348. The van der Waals surface area contributed by atoms with Gasteiger partial charge in [0.2, 0.25) is 11.8 Å². The minimum atomic E-state index is -3.91. The van der Waals surface area contributed by atoms with Gasteiger partial charge in [-0.2, -0.15) is 0 Å². The van der Waals surface area contributed by atoms with Gasteiger partial charge < -0.3 is 10.2 Å². The van der Waals surface area contributed by atoms with E-state index in [4.69, 9.17) is 0 Å². The molecule has 9 heteroatoms. The Morgan fingerprint density at radius 2 is 1.75 bits per heavy atom. The van der Waals surface area contributed by atoms with Crippen molar-refractivity contribution in [2.24, 2.45) is 0 Å². The lowest BCUT2D eigenvalue weighted by atomic mass is 10.1. The van der Waals surface area contributed by atoms with Crippen LogP contribution >= 0.6 is 0 Å². The summed E-state index contributed by atoms with van der Waals surface area (Å²) in [4.78, 5) is 39.2. The van der Waals surface area contributed by atoms with Gasteiger partial charge in [-0.3, -0.25) is 14.4 Å². The van der Waals surface area contributed by atoms with E-state index >= 15 is 0 Å². The molecule has 0 fully saturated rings. The lowest BCUT2D eigenvalue weighted by molar-refractivity contribution is -0.140. The van der Waals surface area contributed by atoms with Gasteiger partial charge in [0, 0.05) is 26.6 Å². The summed E-state index contributed by atoms with van der Waals surface area (Å²) in [5, 5.41) is 2.56. The number of carbonyl (C=O) groups is 3. The lowest BCUT2D eigenvalue weighted by Crippen LogP contribution is -2.46. The molecule has 2 aromatic carbocycles. The SMILES string of the molecule is CNC(=O)[C@@H](C)N(Cc1ccc(C)cc1)C(=O)CCCN1C(=O)c2ccccc2S1(=O)=O. The minimum absolute atomic E-state index is 0.00282. The van der Waals surface area contributed by atoms with E-state index in [1.54, 1.807) is 19.1 Å². The standard InChI is InChI=1S/C23H27N3O5S/c1-16-10-12-18(13-11-16)15-25(17(2)22(28)24-3)21(27)9-6-14-26-23(29)19-7-4-5-8-20(19)32(26,30)31/h4-5,7-8,10-13,17H,6,9,14-15H2,1-3H3,(H,24,28)/t17-/m1/s1. The summed E-state index contributed by atoms with van der Waals surface area (Å²) in [6.07, 6.45) is 0.158. The van der Waals surface area contributed by atoms with Crippen LogP contribution in [0.3, 0.4) is 0 Å². The Bertz CT molecular complexity index is 1130. The van der Waals surface area contributed by atoms with Gasteiger partial charge in [0.05, 0.1) is 5.56 Å². The maximum absolute atomic E-state index is 13.0. The molecule has 0 saturated carbocycles. The van der Waals surface area contributed by atoms with Crippen LogP contribution in [0.1, 0.15) is 41.3 Å². The van der Waals surface area contributed by atoms with Crippen LogP contribution in [0.2, 0.25) is 0 Å². The molecule has 0 saturated heterocycles. The second-order valence-corrected chi connectivity index (χ2v) is 9.61. The Kier molecular flexibility index (Phi) is 6.98. The fourth-order valence-electron chi connectivity index (χ4n) is 3.65. The fourth-order valence-corrected chi connectivity index (χ4v) is 5.26. The predicted molar refractivity (Wildman–Crippen MR) is 119 cm³/mol. The average Bonchev–Trinajstić information content (AvgIpc) is 2.98. The van der Waals surface area contributed by atoms with Crippen LogP contribution in [0.25, 0.3) is 0 Å². The van der Waals surface area contributed by atoms with Crippen LogP contribution in [0.15, 0.2) is 53.4 Å². The van der Waals surface area contributed by atoms with Gasteiger partial charge in [-0.1, -0.05) is 42.0 Å². The number of hydrogen-bond acceptors (Lipinski definition) is 5. The zero-order valence-electron chi connectivity index (χ0n) is 18.4.